The lowest BCUT2D eigenvalue weighted by molar-refractivity contribution is -0.118. The quantitative estimate of drug-likeness (QED) is 0.453. The number of nitrogens with zero attached hydrogens (tertiary/aromatic N) is 1. The number of benzene rings is 3. The lowest BCUT2D eigenvalue weighted by Gasteiger charge is -2.12. The van der Waals surface area contributed by atoms with Gasteiger partial charge in [0.25, 0.3) is 17.1 Å². The van der Waals surface area contributed by atoms with E-state index in [9.17, 15) is 18.8 Å². The average Bonchev–Trinajstić information content (AvgIpc) is 3.07. The molecule has 3 aromatic rings. The van der Waals surface area contributed by atoms with Gasteiger partial charge in [-0.25, -0.2) is 9.29 Å². The SMILES string of the molecule is O=C(COc1ccc(/C=C2/SC(=O)N(c3cccc(Cl)c3)C2=O)cc1)Nc1ccc(F)cc1. The monoisotopic (exact) mass is 482 g/mol. The predicted molar refractivity (Wildman–Crippen MR) is 127 cm³/mol. The number of ether oxygens (including phenoxy) is 1. The molecule has 0 spiro atoms. The molecule has 33 heavy (non-hydrogen) atoms. The third-order valence-electron chi connectivity index (χ3n) is 4.54. The van der Waals surface area contributed by atoms with Gasteiger partial charge in [0.2, 0.25) is 0 Å². The van der Waals surface area contributed by atoms with Gasteiger partial charge >= 0.3 is 0 Å². The molecule has 1 N–H and O–H groups in total. The molecule has 0 aliphatic carbocycles. The van der Waals surface area contributed by atoms with E-state index in [0.717, 1.165) is 16.7 Å². The summed E-state index contributed by atoms with van der Waals surface area (Å²) in [6.45, 7) is -0.227. The zero-order valence-electron chi connectivity index (χ0n) is 17.0. The van der Waals surface area contributed by atoms with Gasteiger partial charge in [-0.15, -0.1) is 0 Å². The van der Waals surface area contributed by atoms with Crippen LogP contribution in [0.25, 0.3) is 6.08 Å². The lowest BCUT2D eigenvalue weighted by atomic mass is 10.2. The summed E-state index contributed by atoms with van der Waals surface area (Å²) in [5, 5.41) is 2.63. The number of anilines is 2. The Morgan fingerprint density at radius 3 is 2.48 bits per heavy atom. The van der Waals surface area contributed by atoms with Gasteiger partial charge in [0.05, 0.1) is 10.6 Å². The fraction of sp³-hybridized carbons (Fsp3) is 0.0417. The molecule has 0 atom stereocenters. The number of imide groups is 1. The average molecular weight is 483 g/mol. The van der Waals surface area contributed by atoms with Crippen molar-refractivity contribution < 1.29 is 23.5 Å². The van der Waals surface area contributed by atoms with E-state index < -0.39 is 17.0 Å². The Bertz CT molecular complexity index is 1250. The summed E-state index contributed by atoms with van der Waals surface area (Å²) in [5.41, 5.74) is 1.57. The molecule has 4 rings (SSSR count). The maximum atomic E-state index is 12.9. The molecular weight excluding hydrogens is 467 g/mol. The van der Waals surface area contributed by atoms with Crippen molar-refractivity contribution in [3.05, 3.63) is 94.1 Å². The minimum atomic E-state index is -0.426. The first-order valence-corrected chi connectivity index (χ1v) is 10.9. The summed E-state index contributed by atoms with van der Waals surface area (Å²) < 4.78 is 18.4. The highest BCUT2D eigenvalue weighted by atomic mass is 35.5. The third-order valence-corrected chi connectivity index (χ3v) is 5.64. The minimum Gasteiger partial charge on any atom is -0.484 e. The van der Waals surface area contributed by atoms with Crippen molar-refractivity contribution >= 4 is 57.9 Å². The summed E-state index contributed by atoms with van der Waals surface area (Å²) in [6.07, 6.45) is 1.61. The molecule has 1 aliphatic heterocycles. The topological polar surface area (TPSA) is 75.7 Å². The van der Waals surface area contributed by atoms with Crippen LogP contribution in [0.3, 0.4) is 0 Å². The molecule has 1 aliphatic rings. The van der Waals surface area contributed by atoms with E-state index in [0.29, 0.717) is 27.7 Å². The summed E-state index contributed by atoms with van der Waals surface area (Å²) in [6, 6.07) is 18.7. The second kappa shape index (κ2) is 9.89. The molecule has 1 fully saturated rings. The fourth-order valence-corrected chi connectivity index (χ4v) is 4.02. The first-order valence-electron chi connectivity index (χ1n) is 9.71. The predicted octanol–water partition coefficient (Wildman–Crippen LogP) is 5.74. The molecular formula is C24H16ClFN2O4S. The number of halogens is 2. The van der Waals surface area contributed by atoms with Crippen molar-refractivity contribution in [2.24, 2.45) is 0 Å². The molecule has 9 heteroatoms. The summed E-state index contributed by atoms with van der Waals surface area (Å²) in [7, 11) is 0. The largest absolute Gasteiger partial charge is 0.484 e. The molecule has 1 saturated heterocycles. The third kappa shape index (κ3) is 5.60. The van der Waals surface area contributed by atoms with Gasteiger partial charge < -0.3 is 10.1 Å². The molecule has 0 unspecified atom stereocenters. The second-order valence-corrected chi connectivity index (χ2v) is 8.34. The van der Waals surface area contributed by atoms with Crippen LogP contribution in [0.1, 0.15) is 5.56 Å². The molecule has 3 aromatic carbocycles. The number of amides is 3. The van der Waals surface area contributed by atoms with Gasteiger partial charge in [0.15, 0.2) is 6.61 Å². The van der Waals surface area contributed by atoms with Gasteiger partial charge in [-0.1, -0.05) is 29.8 Å². The first-order chi connectivity index (χ1) is 15.9. The maximum Gasteiger partial charge on any atom is 0.298 e. The van der Waals surface area contributed by atoms with E-state index in [2.05, 4.69) is 5.32 Å². The van der Waals surface area contributed by atoms with Crippen molar-refractivity contribution in [3.8, 4) is 5.75 Å². The molecule has 0 aromatic heterocycles. The van der Waals surface area contributed by atoms with Crippen LogP contribution in [0.5, 0.6) is 5.75 Å². The van der Waals surface area contributed by atoms with E-state index in [1.807, 2.05) is 0 Å². The van der Waals surface area contributed by atoms with E-state index in [1.165, 1.54) is 24.3 Å². The Morgan fingerprint density at radius 1 is 1.06 bits per heavy atom. The van der Waals surface area contributed by atoms with Gasteiger partial charge in [-0.3, -0.25) is 14.4 Å². The first kappa shape index (κ1) is 22.6. The fourth-order valence-electron chi connectivity index (χ4n) is 3.00. The minimum absolute atomic E-state index is 0.227. The van der Waals surface area contributed by atoms with Gasteiger partial charge in [0.1, 0.15) is 11.6 Å². The van der Waals surface area contributed by atoms with E-state index in [-0.39, 0.29) is 17.4 Å². The van der Waals surface area contributed by atoms with Gasteiger partial charge in [-0.2, -0.15) is 0 Å². The van der Waals surface area contributed by atoms with Crippen LogP contribution in [-0.2, 0) is 9.59 Å². The van der Waals surface area contributed by atoms with Crippen LogP contribution in [0, 0.1) is 5.82 Å². The molecule has 1 heterocycles. The molecule has 6 nitrogen and oxygen atoms in total. The van der Waals surface area contributed by atoms with Crippen LogP contribution < -0.4 is 15.0 Å². The van der Waals surface area contributed by atoms with Crippen molar-refractivity contribution in [3.63, 3.8) is 0 Å². The standard InChI is InChI=1S/C24H16ClFN2O4S/c25-16-2-1-3-19(13-16)28-23(30)21(33-24(28)31)12-15-4-10-20(11-5-15)32-14-22(29)27-18-8-6-17(26)7-9-18/h1-13H,14H2,(H,27,29)/b21-12+. The Hall–Kier alpha value is -3.62. The van der Waals surface area contributed by atoms with Crippen LogP contribution in [0.15, 0.2) is 77.7 Å². The lowest BCUT2D eigenvalue weighted by Crippen LogP contribution is -2.27. The van der Waals surface area contributed by atoms with Crippen LogP contribution in [0.4, 0.5) is 20.6 Å². The van der Waals surface area contributed by atoms with E-state index in [4.69, 9.17) is 16.3 Å². The van der Waals surface area contributed by atoms with Crippen molar-refractivity contribution in [1.29, 1.82) is 0 Å². The van der Waals surface area contributed by atoms with E-state index >= 15 is 0 Å². The molecule has 166 valence electrons. The zero-order chi connectivity index (χ0) is 23.4. The Balaban J connectivity index is 1.37. The Kier molecular flexibility index (Phi) is 6.76. The Labute approximate surface area is 198 Å². The summed E-state index contributed by atoms with van der Waals surface area (Å²) >= 11 is 6.82. The molecule has 0 saturated carbocycles. The number of hydrogen-bond acceptors (Lipinski definition) is 5. The zero-order valence-corrected chi connectivity index (χ0v) is 18.5. The number of carbonyl (C=O) groups is 3. The Morgan fingerprint density at radius 2 is 1.79 bits per heavy atom. The van der Waals surface area contributed by atoms with E-state index in [1.54, 1.807) is 54.6 Å². The number of hydrogen-bond donors (Lipinski definition) is 1. The van der Waals surface area contributed by atoms with Crippen LogP contribution in [-0.4, -0.2) is 23.7 Å². The maximum absolute atomic E-state index is 12.9. The molecule has 0 bridgehead atoms. The van der Waals surface area contributed by atoms with Gasteiger partial charge in [0, 0.05) is 10.7 Å². The number of nitrogens with one attached hydrogen (secondary N) is 1. The second-order valence-electron chi connectivity index (χ2n) is 6.91. The number of thioether (sulfide) groups is 1. The highest BCUT2D eigenvalue weighted by Crippen LogP contribution is 2.36. The van der Waals surface area contributed by atoms with Crippen molar-refractivity contribution in [1.82, 2.24) is 0 Å². The van der Waals surface area contributed by atoms with Crippen LogP contribution in [0.2, 0.25) is 5.02 Å². The summed E-state index contributed by atoms with van der Waals surface area (Å²) in [5.74, 6) is -0.752. The summed E-state index contributed by atoms with van der Waals surface area (Å²) in [4.78, 5) is 38.4. The highest BCUT2D eigenvalue weighted by Gasteiger charge is 2.36. The highest BCUT2D eigenvalue weighted by molar-refractivity contribution is 8.19. The molecule has 3 amide bonds. The van der Waals surface area contributed by atoms with Crippen molar-refractivity contribution in [2.75, 3.05) is 16.8 Å². The number of carbonyl (C=O) groups excluding carboxylic acids is 3. The van der Waals surface area contributed by atoms with Gasteiger partial charge in [-0.05, 0) is 78.0 Å². The normalized spacial score (nSPS) is 14.6. The number of rotatable bonds is 6. The smallest absolute Gasteiger partial charge is 0.298 e. The van der Waals surface area contributed by atoms with Crippen molar-refractivity contribution in [2.45, 2.75) is 0 Å². The van der Waals surface area contributed by atoms with Crippen LogP contribution >= 0.6 is 23.4 Å². The molecule has 0 radical (unpaired) electrons.